The Morgan fingerprint density at radius 3 is 2.60 bits per heavy atom. The molecule has 0 aromatic heterocycles. The zero-order chi connectivity index (χ0) is 11.1. The Balaban J connectivity index is 2.74. The van der Waals surface area contributed by atoms with E-state index in [2.05, 4.69) is 19.2 Å². The summed E-state index contributed by atoms with van der Waals surface area (Å²) in [7, 11) is 0. The van der Waals surface area contributed by atoms with Crippen LogP contribution in [0.2, 0.25) is 0 Å². The van der Waals surface area contributed by atoms with E-state index in [1.807, 2.05) is 30.3 Å². The molecule has 0 saturated carbocycles. The molecule has 0 aliphatic heterocycles. The van der Waals surface area contributed by atoms with Crippen LogP contribution in [-0.2, 0) is 0 Å². The van der Waals surface area contributed by atoms with Gasteiger partial charge in [-0.05, 0) is 18.4 Å². The van der Waals surface area contributed by atoms with Gasteiger partial charge >= 0.3 is 0 Å². The summed E-state index contributed by atoms with van der Waals surface area (Å²) in [5.41, 5.74) is 4.66. The SMILES string of the molecule is C=C=C(CCCC)[C@H](O)c1ccccc1. The molecule has 0 amide bonds. The highest BCUT2D eigenvalue weighted by atomic mass is 16.3. The van der Waals surface area contributed by atoms with E-state index in [4.69, 9.17) is 0 Å². The molecule has 0 fully saturated rings. The maximum absolute atomic E-state index is 10.1. The first kappa shape index (κ1) is 11.8. The molecule has 1 rings (SSSR count). The Kier molecular flexibility index (Phi) is 4.89. The van der Waals surface area contributed by atoms with Crippen molar-refractivity contribution in [1.82, 2.24) is 0 Å². The molecule has 15 heavy (non-hydrogen) atoms. The van der Waals surface area contributed by atoms with E-state index in [1.165, 1.54) is 0 Å². The minimum Gasteiger partial charge on any atom is -0.383 e. The summed E-state index contributed by atoms with van der Waals surface area (Å²) in [6.07, 6.45) is 2.51. The second-order valence-corrected chi connectivity index (χ2v) is 3.62. The second kappa shape index (κ2) is 6.23. The number of aliphatic hydroxyl groups is 1. The lowest BCUT2D eigenvalue weighted by Gasteiger charge is -2.13. The molecule has 0 saturated heterocycles. The molecule has 0 unspecified atom stereocenters. The smallest absolute Gasteiger partial charge is 0.107 e. The van der Waals surface area contributed by atoms with Crippen LogP contribution in [0.25, 0.3) is 0 Å². The molecule has 1 atom stereocenters. The van der Waals surface area contributed by atoms with Crippen LogP contribution in [0.5, 0.6) is 0 Å². The average molecular weight is 202 g/mol. The van der Waals surface area contributed by atoms with Crippen LogP contribution in [0.3, 0.4) is 0 Å². The monoisotopic (exact) mass is 202 g/mol. The summed E-state index contributed by atoms with van der Waals surface area (Å²) < 4.78 is 0. The minimum atomic E-state index is -0.546. The summed E-state index contributed by atoms with van der Waals surface area (Å²) >= 11 is 0. The van der Waals surface area contributed by atoms with Crippen LogP contribution in [0, 0.1) is 0 Å². The zero-order valence-corrected chi connectivity index (χ0v) is 9.24. The van der Waals surface area contributed by atoms with Crippen LogP contribution < -0.4 is 0 Å². The van der Waals surface area contributed by atoms with Gasteiger partial charge in [0.2, 0.25) is 0 Å². The summed E-state index contributed by atoms with van der Waals surface area (Å²) in [6, 6.07) is 9.65. The third kappa shape index (κ3) is 3.39. The first-order valence-electron chi connectivity index (χ1n) is 5.41. The van der Waals surface area contributed by atoms with Crippen molar-refractivity contribution in [3.63, 3.8) is 0 Å². The summed E-state index contributed by atoms with van der Waals surface area (Å²) in [5.74, 6) is 0. The molecular weight excluding hydrogens is 184 g/mol. The van der Waals surface area contributed by atoms with Gasteiger partial charge in [-0.3, -0.25) is 0 Å². The van der Waals surface area contributed by atoms with Crippen molar-refractivity contribution in [2.45, 2.75) is 32.3 Å². The normalized spacial score (nSPS) is 11.9. The number of aliphatic hydroxyl groups excluding tert-OH is 1. The summed E-state index contributed by atoms with van der Waals surface area (Å²) in [5, 5.41) is 10.1. The largest absolute Gasteiger partial charge is 0.383 e. The zero-order valence-electron chi connectivity index (χ0n) is 9.24. The van der Waals surface area contributed by atoms with Gasteiger partial charge < -0.3 is 5.11 Å². The van der Waals surface area contributed by atoms with E-state index >= 15 is 0 Å². The van der Waals surface area contributed by atoms with E-state index < -0.39 is 6.10 Å². The molecule has 0 radical (unpaired) electrons. The van der Waals surface area contributed by atoms with Gasteiger partial charge in [-0.1, -0.05) is 50.3 Å². The van der Waals surface area contributed by atoms with Crippen LogP contribution in [0.4, 0.5) is 0 Å². The molecule has 1 nitrogen and oxygen atoms in total. The maximum atomic E-state index is 10.1. The standard InChI is InChI=1S/C14H18O/c1-3-5-9-12(4-2)14(15)13-10-7-6-8-11-13/h6-8,10-11,14-15H,2-3,5,9H2,1H3/t14-/m0/s1. The molecule has 0 heterocycles. The number of benzene rings is 1. The molecule has 0 aliphatic carbocycles. The highest BCUT2D eigenvalue weighted by Gasteiger charge is 2.11. The molecular formula is C14H18O. The third-order valence-corrected chi connectivity index (χ3v) is 2.47. The van der Waals surface area contributed by atoms with Gasteiger partial charge in [-0.15, -0.1) is 5.73 Å². The van der Waals surface area contributed by atoms with E-state index in [-0.39, 0.29) is 0 Å². The van der Waals surface area contributed by atoms with E-state index in [0.717, 1.165) is 30.4 Å². The fraction of sp³-hybridized carbons (Fsp3) is 0.357. The lowest BCUT2D eigenvalue weighted by atomic mass is 9.98. The molecule has 1 heteroatoms. The Morgan fingerprint density at radius 1 is 1.40 bits per heavy atom. The van der Waals surface area contributed by atoms with E-state index in [1.54, 1.807) is 0 Å². The number of rotatable bonds is 5. The Morgan fingerprint density at radius 2 is 2.07 bits per heavy atom. The van der Waals surface area contributed by atoms with Crippen molar-refractivity contribution < 1.29 is 5.11 Å². The van der Waals surface area contributed by atoms with E-state index in [0.29, 0.717) is 0 Å². The van der Waals surface area contributed by atoms with Crippen molar-refractivity contribution in [3.05, 3.63) is 53.8 Å². The molecule has 1 aromatic rings. The molecule has 1 aromatic carbocycles. The van der Waals surface area contributed by atoms with Crippen LogP contribution in [0.1, 0.15) is 37.9 Å². The predicted octanol–water partition coefficient (Wildman–Crippen LogP) is 3.62. The quantitative estimate of drug-likeness (QED) is 0.723. The lowest BCUT2D eigenvalue weighted by Crippen LogP contribution is -2.00. The second-order valence-electron chi connectivity index (χ2n) is 3.62. The van der Waals surface area contributed by atoms with Gasteiger partial charge in [0.1, 0.15) is 6.10 Å². The molecule has 1 N–H and O–H groups in total. The fourth-order valence-electron chi connectivity index (χ4n) is 1.53. The number of hydrogen-bond acceptors (Lipinski definition) is 1. The van der Waals surface area contributed by atoms with Crippen LogP contribution in [-0.4, -0.2) is 5.11 Å². The van der Waals surface area contributed by atoms with Gasteiger partial charge in [-0.25, -0.2) is 0 Å². The Bertz CT molecular complexity index is 334. The predicted molar refractivity (Wildman–Crippen MR) is 63.6 cm³/mol. The topological polar surface area (TPSA) is 20.2 Å². The van der Waals surface area contributed by atoms with Crippen molar-refractivity contribution in [2.75, 3.05) is 0 Å². The molecule has 0 spiro atoms. The highest BCUT2D eigenvalue weighted by Crippen LogP contribution is 2.24. The fourth-order valence-corrected chi connectivity index (χ4v) is 1.53. The van der Waals surface area contributed by atoms with Crippen molar-refractivity contribution in [2.24, 2.45) is 0 Å². The van der Waals surface area contributed by atoms with Gasteiger partial charge in [0.15, 0.2) is 0 Å². The maximum Gasteiger partial charge on any atom is 0.107 e. The van der Waals surface area contributed by atoms with Gasteiger partial charge in [0.25, 0.3) is 0 Å². The lowest BCUT2D eigenvalue weighted by molar-refractivity contribution is 0.211. The first-order chi connectivity index (χ1) is 7.29. The first-order valence-corrected chi connectivity index (χ1v) is 5.41. The molecule has 80 valence electrons. The van der Waals surface area contributed by atoms with Crippen molar-refractivity contribution >= 4 is 0 Å². The summed E-state index contributed by atoms with van der Waals surface area (Å²) in [4.78, 5) is 0. The van der Waals surface area contributed by atoms with E-state index in [9.17, 15) is 5.11 Å². The van der Waals surface area contributed by atoms with Crippen LogP contribution >= 0.6 is 0 Å². The molecule has 0 bridgehead atoms. The Hall–Kier alpha value is -1.30. The van der Waals surface area contributed by atoms with Crippen molar-refractivity contribution in [1.29, 1.82) is 0 Å². The van der Waals surface area contributed by atoms with Crippen LogP contribution in [0.15, 0.2) is 48.2 Å². The minimum absolute atomic E-state index is 0.546. The molecule has 0 aliphatic rings. The number of unbranched alkanes of at least 4 members (excludes halogenated alkanes) is 1. The number of hydrogen-bond donors (Lipinski definition) is 1. The van der Waals surface area contributed by atoms with Gasteiger partial charge in [0.05, 0.1) is 0 Å². The summed E-state index contributed by atoms with van der Waals surface area (Å²) in [6.45, 7) is 5.77. The van der Waals surface area contributed by atoms with Gasteiger partial charge in [0, 0.05) is 5.57 Å². The Labute approximate surface area is 91.8 Å². The van der Waals surface area contributed by atoms with Crippen molar-refractivity contribution in [3.8, 4) is 0 Å². The average Bonchev–Trinajstić information content (AvgIpc) is 2.31. The van der Waals surface area contributed by atoms with Gasteiger partial charge in [-0.2, -0.15) is 0 Å². The third-order valence-electron chi connectivity index (χ3n) is 2.47. The highest BCUT2D eigenvalue weighted by molar-refractivity contribution is 5.25.